The molecular formula is C20H22N2O3. The van der Waals surface area contributed by atoms with Crippen LogP contribution in [-0.4, -0.2) is 48.3 Å². The minimum Gasteiger partial charge on any atom is -0.466 e. The number of hydrogen-bond donors (Lipinski definition) is 2. The number of hydrogen-bond acceptors (Lipinski definition) is 5. The number of piperidine rings is 1. The van der Waals surface area contributed by atoms with Crippen LogP contribution in [0.1, 0.15) is 18.9 Å². The van der Waals surface area contributed by atoms with Gasteiger partial charge < -0.3 is 15.2 Å². The number of ether oxygens (including phenoxy) is 1. The predicted molar refractivity (Wildman–Crippen MR) is 94.0 cm³/mol. The molecular weight excluding hydrogens is 316 g/mol. The predicted octanol–water partition coefficient (Wildman–Crippen LogP) is 1.80. The van der Waals surface area contributed by atoms with Crippen LogP contribution in [0.2, 0.25) is 0 Å². The van der Waals surface area contributed by atoms with E-state index < -0.39 is 6.10 Å². The van der Waals surface area contributed by atoms with Crippen molar-refractivity contribution in [3.8, 4) is 0 Å². The molecule has 5 rings (SSSR count). The van der Waals surface area contributed by atoms with Gasteiger partial charge in [0.25, 0.3) is 0 Å². The third kappa shape index (κ3) is 1.63. The van der Waals surface area contributed by atoms with Gasteiger partial charge in [-0.3, -0.25) is 4.90 Å². The number of aliphatic hydroxyl groups is 1. The highest BCUT2D eigenvalue weighted by Gasteiger charge is 2.65. The quantitative estimate of drug-likeness (QED) is 0.604. The summed E-state index contributed by atoms with van der Waals surface area (Å²) in [4.78, 5) is 15.2. The Bertz CT molecular complexity index is 843. The minimum absolute atomic E-state index is 0.000700. The number of allylic oxidation sites excluding steroid dienone is 1. The molecule has 1 spiro atoms. The molecule has 0 saturated carbocycles. The maximum absolute atomic E-state index is 12.8. The van der Waals surface area contributed by atoms with Crippen molar-refractivity contribution >= 4 is 11.7 Å². The Morgan fingerprint density at radius 3 is 3.00 bits per heavy atom. The number of esters is 1. The van der Waals surface area contributed by atoms with Crippen LogP contribution in [0.4, 0.5) is 5.69 Å². The molecule has 2 saturated heterocycles. The molecule has 5 heteroatoms. The van der Waals surface area contributed by atoms with Crippen LogP contribution in [-0.2, 0) is 14.9 Å². The summed E-state index contributed by atoms with van der Waals surface area (Å²) in [6, 6.07) is 8.23. The van der Waals surface area contributed by atoms with Gasteiger partial charge in [-0.15, -0.1) is 0 Å². The van der Waals surface area contributed by atoms with Crippen LogP contribution in [0, 0.1) is 5.92 Å². The molecule has 0 unspecified atom stereocenters. The van der Waals surface area contributed by atoms with Crippen molar-refractivity contribution in [3.63, 3.8) is 0 Å². The molecule has 0 aromatic heterocycles. The molecule has 4 aliphatic rings. The van der Waals surface area contributed by atoms with E-state index in [1.54, 1.807) is 0 Å². The van der Waals surface area contributed by atoms with Crippen LogP contribution < -0.4 is 5.32 Å². The highest BCUT2D eigenvalue weighted by molar-refractivity contribution is 5.94. The molecule has 3 aliphatic heterocycles. The average molecular weight is 338 g/mol. The Hall–Kier alpha value is -2.11. The fourth-order valence-electron chi connectivity index (χ4n) is 5.70. The van der Waals surface area contributed by atoms with Gasteiger partial charge in [0.15, 0.2) is 0 Å². The molecule has 2 N–H and O–H groups in total. The van der Waals surface area contributed by atoms with E-state index in [0.717, 1.165) is 36.5 Å². The van der Waals surface area contributed by atoms with E-state index in [9.17, 15) is 9.90 Å². The Balaban J connectivity index is 1.85. The highest BCUT2D eigenvalue weighted by Crippen LogP contribution is 2.61. The Morgan fingerprint density at radius 1 is 1.44 bits per heavy atom. The van der Waals surface area contributed by atoms with E-state index in [0.29, 0.717) is 5.57 Å². The van der Waals surface area contributed by atoms with Gasteiger partial charge >= 0.3 is 5.97 Å². The van der Waals surface area contributed by atoms with Gasteiger partial charge in [-0.2, -0.15) is 0 Å². The molecule has 25 heavy (non-hydrogen) atoms. The molecule has 0 radical (unpaired) electrons. The van der Waals surface area contributed by atoms with Crippen molar-refractivity contribution in [3.05, 3.63) is 52.7 Å². The van der Waals surface area contributed by atoms with Crippen LogP contribution in [0.3, 0.4) is 0 Å². The van der Waals surface area contributed by atoms with Gasteiger partial charge in [-0.25, -0.2) is 4.79 Å². The Morgan fingerprint density at radius 2 is 2.24 bits per heavy atom. The first-order valence-electron chi connectivity index (χ1n) is 8.90. The first kappa shape index (κ1) is 15.2. The second-order valence-corrected chi connectivity index (χ2v) is 7.42. The number of para-hydroxylation sites is 1. The number of rotatable bonds is 1. The number of nitrogens with zero attached hydrogens (tertiary/aromatic N) is 1. The van der Waals surface area contributed by atoms with E-state index in [1.807, 2.05) is 25.1 Å². The number of methoxy groups -OCH3 is 1. The number of fused-ring (bicyclic) bond motifs is 2. The van der Waals surface area contributed by atoms with Crippen molar-refractivity contribution in [2.45, 2.75) is 30.9 Å². The summed E-state index contributed by atoms with van der Waals surface area (Å²) in [7, 11) is 1.42. The summed E-state index contributed by atoms with van der Waals surface area (Å²) < 4.78 is 5.14. The van der Waals surface area contributed by atoms with Gasteiger partial charge in [0.2, 0.25) is 0 Å². The Labute approximate surface area is 147 Å². The summed E-state index contributed by atoms with van der Waals surface area (Å²) in [5.41, 5.74) is 4.56. The number of benzene rings is 1. The number of nitrogens with one attached hydrogen (secondary N) is 1. The van der Waals surface area contributed by atoms with E-state index >= 15 is 0 Å². The largest absolute Gasteiger partial charge is 0.466 e. The summed E-state index contributed by atoms with van der Waals surface area (Å²) in [6.07, 6.45) is 2.34. The molecule has 130 valence electrons. The third-order valence-electron chi connectivity index (χ3n) is 6.61. The van der Waals surface area contributed by atoms with Gasteiger partial charge in [-0.1, -0.05) is 24.3 Å². The second kappa shape index (κ2) is 4.96. The summed E-state index contributed by atoms with van der Waals surface area (Å²) in [6.45, 7) is 3.71. The van der Waals surface area contributed by atoms with Crippen molar-refractivity contribution in [1.82, 2.24) is 4.90 Å². The van der Waals surface area contributed by atoms with Gasteiger partial charge in [0.05, 0.1) is 30.2 Å². The normalized spacial score (nSPS) is 36.9. The van der Waals surface area contributed by atoms with E-state index in [4.69, 9.17) is 4.74 Å². The van der Waals surface area contributed by atoms with Crippen LogP contribution in [0.25, 0.3) is 0 Å². The first-order valence-corrected chi connectivity index (χ1v) is 8.90. The van der Waals surface area contributed by atoms with Gasteiger partial charge in [0.1, 0.15) is 0 Å². The number of anilines is 1. The van der Waals surface area contributed by atoms with E-state index in [2.05, 4.69) is 22.3 Å². The zero-order valence-corrected chi connectivity index (χ0v) is 14.5. The van der Waals surface area contributed by atoms with E-state index in [-0.39, 0.29) is 23.3 Å². The third-order valence-corrected chi connectivity index (χ3v) is 6.61. The van der Waals surface area contributed by atoms with Crippen molar-refractivity contribution in [1.29, 1.82) is 0 Å². The number of aliphatic hydroxyl groups excluding tert-OH is 1. The lowest BCUT2D eigenvalue weighted by Crippen LogP contribution is -2.61. The lowest BCUT2D eigenvalue weighted by atomic mass is 9.60. The van der Waals surface area contributed by atoms with Crippen LogP contribution in [0.15, 0.2) is 47.2 Å². The second-order valence-electron chi connectivity index (χ2n) is 7.42. The zero-order chi connectivity index (χ0) is 17.3. The summed E-state index contributed by atoms with van der Waals surface area (Å²) >= 11 is 0. The zero-order valence-electron chi connectivity index (χ0n) is 14.5. The molecule has 1 aromatic carbocycles. The maximum atomic E-state index is 12.8. The van der Waals surface area contributed by atoms with E-state index in [1.165, 1.54) is 12.7 Å². The number of carbonyl (C=O) groups excluding carboxylic acids is 1. The SMILES string of the molecule is C/C=C1/CN2CC[C@]34C(=C(C(=O)OC)[C@H]1[C@H](O)[C@H]23)Nc1ccccc14. The van der Waals surface area contributed by atoms with Crippen molar-refractivity contribution in [2.75, 3.05) is 25.5 Å². The average Bonchev–Trinajstić information content (AvgIpc) is 3.18. The lowest BCUT2D eigenvalue weighted by molar-refractivity contribution is -0.138. The van der Waals surface area contributed by atoms with Crippen molar-refractivity contribution in [2.24, 2.45) is 5.92 Å². The summed E-state index contributed by atoms with van der Waals surface area (Å²) in [5.74, 6) is -0.626. The van der Waals surface area contributed by atoms with Crippen LogP contribution >= 0.6 is 0 Å². The molecule has 3 heterocycles. The number of carbonyl (C=O) groups is 1. The lowest BCUT2D eigenvalue weighted by Gasteiger charge is -2.51. The Kier molecular flexibility index (Phi) is 3.01. The highest BCUT2D eigenvalue weighted by atomic mass is 16.5. The van der Waals surface area contributed by atoms with Gasteiger partial charge in [0, 0.05) is 30.4 Å². The van der Waals surface area contributed by atoms with Crippen LogP contribution in [0.5, 0.6) is 0 Å². The molecule has 1 aliphatic carbocycles. The maximum Gasteiger partial charge on any atom is 0.336 e. The fraction of sp³-hybridized carbons (Fsp3) is 0.450. The topological polar surface area (TPSA) is 61.8 Å². The first-order chi connectivity index (χ1) is 12.1. The minimum atomic E-state index is -0.603. The molecule has 2 fully saturated rings. The molecule has 2 bridgehead atoms. The fourth-order valence-corrected chi connectivity index (χ4v) is 5.70. The summed E-state index contributed by atoms with van der Waals surface area (Å²) in [5, 5.41) is 14.8. The monoisotopic (exact) mass is 338 g/mol. The smallest absolute Gasteiger partial charge is 0.336 e. The molecule has 0 amide bonds. The molecule has 4 atom stereocenters. The standard InChI is InChI=1S/C20H22N2O3/c1-3-11-10-22-9-8-20-12-6-4-5-7-13(12)21-17(20)15(19(24)25-2)14(11)16(23)18(20)22/h3-7,14,16,18,21,23H,8-10H2,1-2H3/b11-3-/t14-,16-,18-,20-/m0/s1. The molecule has 5 nitrogen and oxygen atoms in total. The molecule has 1 aromatic rings. The van der Waals surface area contributed by atoms with Crippen molar-refractivity contribution < 1.29 is 14.6 Å². The van der Waals surface area contributed by atoms with Gasteiger partial charge in [-0.05, 0) is 30.5 Å².